The van der Waals surface area contributed by atoms with E-state index in [0.717, 1.165) is 25.4 Å². The Morgan fingerprint density at radius 1 is 1.29 bits per heavy atom. The lowest BCUT2D eigenvalue weighted by Crippen LogP contribution is -2.29. The molecule has 1 N–H and O–H groups in total. The summed E-state index contributed by atoms with van der Waals surface area (Å²) < 4.78 is 5.52. The second-order valence-corrected chi connectivity index (χ2v) is 7.08. The van der Waals surface area contributed by atoms with Crippen molar-refractivity contribution in [3.8, 4) is 5.75 Å². The molecule has 0 bridgehead atoms. The number of rotatable bonds is 7. The van der Waals surface area contributed by atoms with Gasteiger partial charge in [-0.3, -0.25) is 0 Å². The summed E-state index contributed by atoms with van der Waals surface area (Å²) in [5.41, 5.74) is 2.87. The van der Waals surface area contributed by atoms with Crippen molar-refractivity contribution in [2.24, 2.45) is 5.41 Å². The van der Waals surface area contributed by atoms with Gasteiger partial charge in [-0.1, -0.05) is 33.8 Å². The third-order valence-electron chi connectivity index (χ3n) is 3.50. The summed E-state index contributed by atoms with van der Waals surface area (Å²) in [5.74, 6) is 0.975. The van der Waals surface area contributed by atoms with Crippen molar-refractivity contribution in [3.63, 3.8) is 0 Å². The van der Waals surface area contributed by atoms with Crippen LogP contribution in [0.25, 0.3) is 0 Å². The Kier molecular flexibility index (Phi) is 6.69. The number of ether oxygens (including phenoxy) is 1. The van der Waals surface area contributed by atoms with Crippen LogP contribution >= 0.6 is 0 Å². The van der Waals surface area contributed by atoms with Gasteiger partial charge in [0.1, 0.15) is 5.75 Å². The van der Waals surface area contributed by atoms with E-state index < -0.39 is 0 Å². The first-order valence-corrected chi connectivity index (χ1v) is 7.85. The smallest absolute Gasteiger partial charge is 0.123 e. The second kappa shape index (κ2) is 7.81. The van der Waals surface area contributed by atoms with Gasteiger partial charge in [0, 0.05) is 24.7 Å². The molecule has 0 aliphatic heterocycles. The van der Waals surface area contributed by atoms with Crippen LogP contribution in [0, 0.1) is 5.41 Å². The lowest BCUT2D eigenvalue weighted by Gasteiger charge is -2.27. The van der Waals surface area contributed by atoms with Crippen molar-refractivity contribution in [2.45, 2.75) is 47.2 Å². The third-order valence-corrected chi connectivity index (χ3v) is 3.50. The highest BCUT2D eigenvalue weighted by molar-refractivity contribution is 5.38. The van der Waals surface area contributed by atoms with E-state index in [1.165, 1.54) is 11.1 Å². The van der Waals surface area contributed by atoms with Gasteiger partial charge in [0.05, 0.1) is 7.11 Å². The minimum absolute atomic E-state index is 0.302. The average molecular weight is 292 g/mol. The van der Waals surface area contributed by atoms with Gasteiger partial charge in [0.2, 0.25) is 0 Å². The Balaban J connectivity index is 2.90. The van der Waals surface area contributed by atoms with Crippen molar-refractivity contribution in [3.05, 3.63) is 29.3 Å². The van der Waals surface area contributed by atoms with Crippen LogP contribution in [0.15, 0.2) is 18.2 Å². The SMILES string of the molecule is CCNC(C)c1ccc(OC)c(CN(C)CC(C)(C)C)c1. The van der Waals surface area contributed by atoms with Crippen LogP contribution in [-0.2, 0) is 6.54 Å². The molecule has 0 aliphatic rings. The molecule has 3 heteroatoms. The van der Waals surface area contributed by atoms with Gasteiger partial charge in [-0.15, -0.1) is 0 Å². The molecule has 0 heterocycles. The van der Waals surface area contributed by atoms with Crippen LogP contribution in [0.1, 0.15) is 51.8 Å². The summed E-state index contributed by atoms with van der Waals surface area (Å²) in [6.07, 6.45) is 0. The fourth-order valence-electron chi connectivity index (χ4n) is 2.77. The highest BCUT2D eigenvalue weighted by Gasteiger charge is 2.16. The summed E-state index contributed by atoms with van der Waals surface area (Å²) in [5, 5.41) is 3.46. The molecule has 0 saturated carbocycles. The van der Waals surface area contributed by atoms with Crippen LogP contribution in [0.2, 0.25) is 0 Å². The van der Waals surface area contributed by atoms with Gasteiger partial charge in [-0.2, -0.15) is 0 Å². The first-order chi connectivity index (χ1) is 9.76. The maximum absolute atomic E-state index is 5.52. The maximum Gasteiger partial charge on any atom is 0.123 e. The van der Waals surface area contributed by atoms with E-state index in [9.17, 15) is 0 Å². The predicted octanol–water partition coefficient (Wildman–Crippen LogP) is 3.84. The van der Waals surface area contributed by atoms with Gasteiger partial charge >= 0.3 is 0 Å². The Morgan fingerprint density at radius 3 is 2.48 bits per heavy atom. The zero-order chi connectivity index (χ0) is 16.0. The molecule has 0 fully saturated rings. The van der Waals surface area contributed by atoms with Crippen LogP contribution in [-0.4, -0.2) is 32.1 Å². The van der Waals surface area contributed by atoms with Crippen LogP contribution in [0.5, 0.6) is 5.75 Å². The molecule has 1 atom stereocenters. The van der Waals surface area contributed by atoms with Gasteiger partial charge in [-0.05, 0) is 43.6 Å². The van der Waals surface area contributed by atoms with Crippen molar-refractivity contribution < 1.29 is 4.74 Å². The minimum atomic E-state index is 0.302. The van der Waals surface area contributed by atoms with Crippen molar-refractivity contribution in [2.75, 3.05) is 27.2 Å². The predicted molar refractivity (Wildman–Crippen MR) is 90.9 cm³/mol. The zero-order valence-corrected chi connectivity index (χ0v) is 14.8. The molecule has 21 heavy (non-hydrogen) atoms. The fraction of sp³-hybridized carbons (Fsp3) is 0.667. The quantitative estimate of drug-likeness (QED) is 0.826. The van der Waals surface area contributed by atoms with Crippen molar-refractivity contribution >= 4 is 0 Å². The summed E-state index contributed by atoms with van der Waals surface area (Å²) in [4.78, 5) is 2.36. The molecule has 0 aliphatic carbocycles. The van der Waals surface area contributed by atoms with E-state index in [0.29, 0.717) is 11.5 Å². The molecule has 1 rings (SSSR count). The number of nitrogens with zero attached hydrogens (tertiary/aromatic N) is 1. The van der Waals surface area contributed by atoms with Gasteiger partial charge in [0.15, 0.2) is 0 Å². The second-order valence-electron chi connectivity index (χ2n) is 7.08. The van der Waals surface area contributed by atoms with Gasteiger partial charge < -0.3 is 15.0 Å². The molecule has 1 aromatic carbocycles. The number of methoxy groups -OCH3 is 1. The molecule has 0 radical (unpaired) electrons. The van der Waals surface area contributed by atoms with E-state index in [1.54, 1.807) is 7.11 Å². The molecule has 0 saturated heterocycles. The van der Waals surface area contributed by atoms with E-state index in [2.05, 4.69) is 70.1 Å². The Labute approximate surface area is 130 Å². The normalized spacial score (nSPS) is 13.5. The van der Waals surface area contributed by atoms with E-state index in [1.807, 2.05) is 0 Å². The highest BCUT2D eigenvalue weighted by Crippen LogP contribution is 2.25. The topological polar surface area (TPSA) is 24.5 Å². The van der Waals surface area contributed by atoms with E-state index in [-0.39, 0.29) is 0 Å². The molecule has 120 valence electrons. The molecule has 0 spiro atoms. The standard InChI is InChI=1S/C18H32N2O/c1-8-19-14(2)15-9-10-17(21-7)16(11-15)12-20(6)13-18(3,4)5/h9-11,14,19H,8,12-13H2,1-7H3. The van der Waals surface area contributed by atoms with Crippen molar-refractivity contribution in [1.82, 2.24) is 10.2 Å². The first kappa shape index (κ1) is 18.0. The molecular weight excluding hydrogens is 260 g/mol. The summed E-state index contributed by atoms with van der Waals surface area (Å²) in [6.45, 7) is 14.1. The molecule has 3 nitrogen and oxygen atoms in total. The largest absolute Gasteiger partial charge is 0.496 e. The summed E-state index contributed by atoms with van der Waals surface area (Å²) in [6, 6.07) is 6.88. The molecule has 0 amide bonds. The number of benzene rings is 1. The zero-order valence-electron chi connectivity index (χ0n) is 14.8. The van der Waals surface area contributed by atoms with Crippen LogP contribution in [0.4, 0.5) is 0 Å². The number of hydrogen-bond donors (Lipinski definition) is 1. The lowest BCUT2D eigenvalue weighted by atomic mass is 9.96. The van der Waals surface area contributed by atoms with Gasteiger partial charge in [-0.25, -0.2) is 0 Å². The Morgan fingerprint density at radius 2 is 1.95 bits per heavy atom. The van der Waals surface area contributed by atoms with Crippen molar-refractivity contribution in [1.29, 1.82) is 0 Å². The average Bonchev–Trinajstić information content (AvgIpc) is 2.36. The molecule has 1 unspecified atom stereocenters. The molecule has 0 aromatic heterocycles. The van der Waals surface area contributed by atoms with E-state index >= 15 is 0 Å². The Hall–Kier alpha value is -1.06. The highest BCUT2D eigenvalue weighted by atomic mass is 16.5. The fourth-order valence-corrected chi connectivity index (χ4v) is 2.77. The minimum Gasteiger partial charge on any atom is -0.496 e. The van der Waals surface area contributed by atoms with Gasteiger partial charge in [0.25, 0.3) is 0 Å². The lowest BCUT2D eigenvalue weighted by molar-refractivity contribution is 0.218. The van der Waals surface area contributed by atoms with E-state index in [4.69, 9.17) is 4.74 Å². The first-order valence-electron chi connectivity index (χ1n) is 7.85. The summed E-state index contributed by atoms with van der Waals surface area (Å²) in [7, 11) is 3.92. The number of nitrogens with one attached hydrogen (secondary N) is 1. The Bertz CT molecular complexity index is 437. The van der Waals surface area contributed by atoms with Crippen LogP contribution in [0.3, 0.4) is 0 Å². The number of hydrogen-bond acceptors (Lipinski definition) is 3. The molecule has 1 aromatic rings. The van der Waals surface area contributed by atoms with Crippen LogP contribution < -0.4 is 10.1 Å². The maximum atomic E-state index is 5.52. The monoisotopic (exact) mass is 292 g/mol. The summed E-state index contributed by atoms with van der Waals surface area (Å²) >= 11 is 0. The molecular formula is C18H32N2O. The third kappa shape index (κ3) is 6.06.